The lowest BCUT2D eigenvalue weighted by molar-refractivity contribution is -0.125. The molecule has 4 rings (SSSR count). The van der Waals surface area contributed by atoms with Gasteiger partial charge in [-0.05, 0) is 38.2 Å². The van der Waals surface area contributed by atoms with E-state index in [0.717, 1.165) is 50.2 Å². The van der Waals surface area contributed by atoms with Crippen LogP contribution >= 0.6 is 0 Å². The number of carbonyl (C=O) groups is 1. The molecule has 0 atom stereocenters. The molecular weight excluding hydrogens is 316 g/mol. The van der Waals surface area contributed by atoms with Crippen molar-refractivity contribution in [2.75, 3.05) is 18.0 Å². The summed E-state index contributed by atoms with van der Waals surface area (Å²) in [6.07, 6.45) is 3.96. The van der Waals surface area contributed by atoms with E-state index in [1.165, 1.54) is 5.56 Å². The molecule has 1 aromatic carbocycles. The van der Waals surface area contributed by atoms with E-state index in [9.17, 15) is 4.79 Å². The van der Waals surface area contributed by atoms with E-state index < -0.39 is 0 Å². The summed E-state index contributed by atoms with van der Waals surface area (Å²) in [6.45, 7) is 4.23. The van der Waals surface area contributed by atoms with Crippen LogP contribution in [0, 0.1) is 12.8 Å². The van der Waals surface area contributed by atoms with E-state index in [2.05, 4.69) is 51.6 Å². The first-order valence-electron chi connectivity index (χ1n) is 9.10. The Kier molecular flexibility index (Phi) is 4.42. The SMILES string of the molecule is Cc1ccc(CNC(=O)C2CCN(c3nnc(C4CC4)o3)CC2)cc1. The van der Waals surface area contributed by atoms with Crippen LogP contribution in [0.2, 0.25) is 0 Å². The highest BCUT2D eigenvalue weighted by molar-refractivity contribution is 5.78. The average Bonchev–Trinajstić information content (AvgIpc) is 3.38. The van der Waals surface area contributed by atoms with E-state index in [1.54, 1.807) is 0 Å². The molecule has 1 N–H and O–H groups in total. The molecule has 1 aliphatic heterocycles. The second-order valence-corrected chi connectivity index (χ2v) is 7.16. The smallest absolute Gasteiger partial charge is 0.318 e. The summed E-state index contributed by atoms with van der Waals surface area (Å²) in [5.74, 6) is 1.45. The highest BCUT2D eigenvalue weighted by Crippen LogP contribution is 2.40. The standard InChI is InChI=1S/C19H24N4O2/c1-13-2-4-14(5-3-13)12-20-17(24)15-8-10-23(11-9-15)19-22-21-18(25-19)16-6-7-16/h2-5,15-16H,6-12H2,1H3,(H,20,24). The van der Waals surface area contributed by atoms with Crippen molar-refractivity contribution in [1.29, 1.82) is 0 Å². The topological polar surface area (TPSA) is 71.3 Å². The maximum atomic E-state index is 12.4. The van der Waals surface area contributed by atoms with Gasteiger partial charge in [0.2, 0.25) is 11.8 Å². The third kappa shape index (κ3) is 3.83. The quantitative estimate of drug-likeness (QED) is 0.906. The van der Waals surface area contributed by atoms with Crippen LogP contribution in [0.4, 0.5) is 6.01 Å². The minimum Gasteiger partial charge on any atom is -0.408 e. The summed E-state index contributed by atoms with van der Waals surface area (Å²) in [4.78, 5) is 14.5. The lowest BCUT2D eigenvalue weighted by Crippen LogP contribution is -2.40. The van der Waals surface area contributed by atoms with Gasteiger partial charge in [0.25, 0.3) is 0 Å². The molecule has 2 aliphatic rings. The van der Waals surface area contributed by atoms with Crippen LogP contribution in [-0.2, 0) is 11.3 Å². The van der Waals surface area contributed by atoms with Crippen LogP contribution in [0.3, 0.4) is 0 Å². The van der Waals surface area contributed by atoms with E-state index >= 15 is 0 Å². The lowest BCUT2D eigenvalue weighted by Gasteiger charge is -2.29. The largest absolute Gasteiger partial charge is 0.408 e. The second-order valence-electron chi connectivity index (χ2n) is 7.16. The normalized spacial score (nSPS) is 18.4. The van der Waals surface area contributed by atoms with Crippen molar-refractivity contribution < 1.29 is 9.21 Å². The number of carbonyl (C=O) groups excluding carboxylic acids is 1. The van der Waals surface area contributed by atoms with Crippen molar-refractivity contribution in [1.82, 2.24) is 15.5 Å². The Bertz CT molecular complexity index is 728. The molecule has 2 heterocycles. The van der Waals surface area contributed by atoms with Crippen molar-refractivity contribution in [3.05, 3.63) is 41.3 Å². The number of benzene rings is 1. The number of nitrogens with one attached hydrogen (secondary N) is 1. The third-order valence-corrected chi connectivity index (χ3v) is 5.08. The average molecular weight is 340 g/mol. The molecule has 1 saturated carbocycles. The Morgan fingerprint density at radius 2 is 1.88 bits per heavy atom. The van der Waals surface area contributed by atoms with Crippen molar-refractivity contribution in [3.8, 4) is 0 Å². The molecule has 25 heavy (non-hydrogen) atoms. The van der Waals surface area contributed by atoms with Gasteiger partial charge in [0.1, 0.15) is 0 Å². The monoisotopic (exact) mass is 340 g/mol. The lowest BCUT2D eigenvalue weighted by atomic mass is 9.96. The maximum Gasteiger partial charge on any atom is 0.318 e. The van der Waals surface area contributed by atoms with Crippen LogP contribution in [0.1, 0.15) is 48.6 Å². The fourth-order valence-electron chi connectivity index (χ4n) is 3.22. The fourth-order valence-corrected chi connectivity index (χ4v) is 3.22. The van der Waals surface area contributed by atoms with E-state index in [1.807, 2.05) is 0 Å². The number of aromatic nitrogens is 2. The van der Waals surface area contributed by atoms with Crippen LogP contribution in [0.25, 0.3) is 0 Å². The minimum atomic E-state index is 0.0625. The minimum absolute atomic E-state index is 0.0625. The molecular formula is C19H24N4O2. The molecule has 0 radical (unpaired) electrons. The Labute approximate surface area is 147 Å². The number of piperidine rings is 1. The molecule has 1 aliphatic carbocycles. The first-order chi connectivity index (χ1) is 12.2. The zero-order valence-electron chi connectivity index (χ0n) is 14.6. The number of hydrogen-bond donors (Lipinski definition) is 1. The third-order valence-electron chi connectivity index (χ3n) is 5.08. The molecule has 2 fully saturated rings. The Balaban J connectivity index is 1.25. The van der Waals surface area contributed by atoms with Gasteiger partial charge in [0.05, 0.1) is 0 Å². The molecule has 1 aromatic heterocycles. The van der Waals surface area contributed by atoms with Gasteiger partial charge in [0, 0.05) is 31.5 Å². The summed E-state index contributed by atoms with van der Waals surface area (Å²) in [5.41, 5.74) is 2.36. The fraction of sp³-hybridized carbons (Fsp3) is 0.526. The van der Waals surface area contributed by atoms with Gasteiger partial charge in [-0.2, -0.15) is 0 Å². The predicted octanol–water partition coefficient (Wildman–Crippen LogP) is 2.79. The van der Waals surface area contributed by atoms with E-state index in [4.69, 9.17) is 4.42 Å². The number of rotatable bonds is 5. The van der Waals surface area contributed by atoms with Crippen molar-refractivity contribution in [2.24, 2.45) is 5.92 Å². The Hall–Kier alpha value is -2.37. The van der Waals surface area contributed by atoms with Crippen molar-refractivity contribution in [3.63, 3.8) is 0 Å². The molecule has 2 aromatic rings. The van der Waals surface area contributed by atoms with Gasteiger partial charge in [-0.3, -0.25) is 4.79 Å². The summed E-state index contributed by atoms with van der Waals surface area (Å²) < 4.78 is 5.76. The molecule has 1 saturated heterocycles. The van der Waals surface area contributed by atoms with Crippen molar-refractivity contribution >= 4 is 11.9 Å². The maximum absolute atomic E-state index is 12.4. The van der Waals surface area contributed by atoms with Crippen LogP contribution in [-0.4, -0.2) is 29.2 Å². The zero-order chi connectivity index (χ0) is 17.2. The zero-order valence-corrected chi connectivity index (χ0v) is 14.6. The van der Waals surface area contributed by atoms with Gasteiger partial charge in [-0.15, -0.1) is 5.10 Å². The molecule has 6 nitrogen and oxygen atoms in total. The molecule has 0 spiro atoms. The van der Waals surface area contributed by atoms with Gasteiger partial charge in [-0.1, -0.05) is 34.9 Å². The van der Waals surface area contributed by atoms with Crippen LogP contribution in [0.15, 0.2) is 28.7 Å². The Morgan fingerprint density at radius 3 is 2.56 bits per heavy atom. The van der Waals surface area contributed by atoms with E-state index in [-0.39, 0.29) is 11.8 Å². The summed E-state index contributed by atoms with van der Waals surface area (Å²) in [6, 6.07) is 8.87. The number of hydrogen-bond acceptors (Lipinski definition) is 5. The second kappa shape index (κ2) is 6.86. The van der Waals surface area contributed by atoms with Gasteiger partial charge in [-0.25, -0.2) is 0 Å². The van der Waals surface area contributed by atoms with Gasteiger partial charge < -0.3 is 14.6 Å². The van der Waals surface area contributed by atoms with Gasteiger partial charge >= 0.3 is 6.01 Å². The predicted molar refractivity (Wildman–Crippen MR) is 94.2 cm³/mol. The first kappa shape index (κ1) is 16.1. The number of anilines is 1. The Morgan fingerprint density at radius 1 is 1.16 bits per heavy atom. The molecule has 0 bridgehead atoms. The van der Waals surface area contributed by atoms with Crippen LogP contribution < -0.4 is 10.2 Å². The molecule has 0 unspecified atom stereocenters. The van der Waals surface area contributed by atoms with E-state index in [0.29, 0.717) is 18.5 Å². The first-order valence-corrected chi connectivity index (χ1v) is 9.10. The summed E-state index contributed by atoms with van der Waals surface area (Å²) >= 11 is 0. The number of aryl methyl sites for hydroxylation is 1. The summed E-state index contributed by atoms with van der Waals surface area (Å²) in [5, 5.41) is 11.4. The van der Waals surface area contributed by atoms with Crippen LogP contribution in [0.5, 0.6) is 0 Å². The van der Waals surface area contributed by atoms with Gasteiger partial charge in [0.15, 0.2) is 0 Å². The summed E-state index contributed by atoms with van der Waals surface area (Å²) in [7, 11) is 0. The molecule has 6 heteroatoms. The number of amides is 1. The highest BCUT2D eigenvalue weighted by Gasteiger charge is 2.31. The van der Waals surface area contributed by atoms with Crippen molar-refractivity contribution in [2.45, 2.75) is 45.1 Å². The molecule has 1 amide bonds. The number of nitrogens with zero attached hydrogens (tertiary/aromatic N) is 3. The highest BCUT2D eigenvalue weighted by atomic mass is 16.4. The molecule has 132 valence electrons.